The Balaban J connectivity index is 1.68. The second kappa shape index (κ2) is 7.76. The first-order valence-electron chi connectivity index (χ1n) is 9.85. The van der Waals surface area contributed by atoms with Crippen LogP contribution in [-0.2, 0) is 19.5 Å². The molecule has 1 N–H and O–H groups in total. The van der Waals surface area contributed by atoms with Gasteiger partial charge in [0, 0.05) is 28.1 Å². The number of nitrogens with one attached hydrogen (secondary N) is 1. The number of unbranched alkanes of at least 4 members (excludes halogenated alkanes) is 1. The number of hydrogen-bond donors (Lipinski definition) is 1. The van der Waals surface area contributed by atoms with Crippen molar-refractivity contribution in [3.05, 3.63) is 74.9 Å². The van der Waals surface area contributed by atoms with Crippen molar-refractivity contribution in [3.63, 3.8) is 0 Å². The first kappa shape index (κ1) is 18.7. The molecule has 0 bridgehead atoms. The van der Waals surface area contributed by atoms with Crippen molar-refractivity contribution in [2.24, 2.45) is 0 Å². The average Bonchev–Trinajstić information content (AvgIpc) is 2.69. The number of benzene rings is 2. The fourth-order valence-corrected chi connectivity index (χ4v) is 3.98. The van der Waals surface area contributed by atoms with E-state index in [9.17, 15) is 9.18 Å². The Morgan fingerprint density at radius 3 is 2.71 bits per heavy atom. The number of aryl methyl sites for hydroxylation is 2. The molecule has 1 aromatic heterocycles. The average molecular weight is 382 g/mol. The minimum absolute atomic E-state index is 0.220. The van der Waals surface area contributed by atoms with Gasteiger partial charge in [0.15, 0.2) is 0 Å². The third kappa shape index (κ3) is 3.67. The molecule has 4 rings (SSSR count). The van der Waals surface area contributed by atoms with Crippen LogP contribution in [-0.4, -0.2) is 6.73 Å². The second-order valence-corrected chi connectivity index (χ2v) is 7.58. The molecule has 0 fully saturated rings. The molecular weight excluding hydrogens is 357 g/mol. The van der Waals surface area contributed by atoms with Crippen molar-refractivity contribution in [1.29, 1.82) is 0 Å². The highest BCUT2D eigenvalue weighted by Gasteiger charge is 2.25. The lowest BCUT2D eigenvalue weighted by molar-refractivity contribution is -0.945. The van der Waals surface area contributed by atoms with Crippen LogP contribution in [0.25, 0.3) is 11.0 Å². The minimum Gasteiger partial charge on any atom is -0.444 e. The normalized spacial score (nSPS) is 16.0. The summed E-state index contributed by atoms with van der Waals surface area (Å²) in [6.07, 6.45) is 2.97. The molecule has 0 spiro atoms. The first-order chi connectivity index (χ1) is 13.5. The largest absolute Gasteiger partial charge is 0.444 e. The highest BCUT2D eigenvalue weighted by Crippen LogP contribution is 2.33. The van der Waals surface area contributed by atoms with Gasteiger partial charge in [-0.05, 0) is 43.5 Å². The van der Waals surface area contributed by atoms with Gasteiger partial charge >= 0.3 is 5.63 Å². The lowest BCUT2D eigenvalue weighted by Crippen LogP contribution is -3.10. The summed E-state index contributed by atoms with van der Waals surface area (Å²) < 4.78 is 24.7. The highest BCUT2D eigenvalue weighted by molar-refractivity contribution is 5.86. The van der Waals surface area contributed by atoms with Gasteiger partial charge in [0.25, 0.3) is 0 Å². The van der Waals surface area contributed by atoms with Crippen LogP contribution in [0, 0.1) is 12.7 Å². The summed E-state index contributed by atoms with van der Waals surface area (Å²) in [7, 11) is 0. The molecule has 0 amide bonds. The van der Waals surface area contributed by atoms with Crippen molar-refractivity contribution in [3.8, 4) is 5.75 Å². The Morgan fingerprint density at radius 2 is 1.96 bits per heavy atom. The second-order valence-electron chi connectivity index (χ2n) is 7.58. The molecule has 1 atom stereocenters. The maximum Gasteiger partial charge on any atom is 0.336 e. The number of quaternary nitrogens is 1. The summed E-state index contributed by atoms with van der Waals surface area (Å²) in [5, 5.41) is 1.01. The van der Waals surface area contributed by atoms with Gasteiger partial charge in [0.2, 0.25) is 6.73 Å². The van der Waals surface area contributed by atoms with Gasteiger partial charge in [-0.25, -0.2) is 9.18 Å². The van der Waals surface area contributed by atoms with Crippen molar-refractivity contribution in [2.45, 2.75) is 46.2 Å². The standard InChI is InChI=1S/C23H24FNO3/c1-3-4-5-17-11-21(26)28-23-15(2)22-18(10-20(17)23)13-25(14-27-22)12-16-6-8-19(24)9-7-16/h6-11H,3-5,12-14H2,1-2H3/p+1. The fourth-order valence-electron chi connectivity index (χ4n) is 3.98. The highest BCUT2D eigenvalue weighted by atomic mass is 19.1. The predicted octanol–water partition coefficient (Wildman–Crippen LogP) is 3.52. The molecule has 1 aliphatic heterocycles. The van der Waals surface area contributed by atoms with Gasteiger partial charge in [-0.3, -0.25) is 4.90 Å². The molecule has 0 aliphatic carbocycles. The Bertz CT molecular complexity index is 1060. The zero-order valence-corrected chi connectivity index (χ0v) is 16.3. The monoisotopic (exact) mass is 382 g/mol. The maximum atomic E-state index is 13.1. The fraction of sp³-hybridized carbons (Fsp3) is 0.348. The van der Waals surface area contributed by atoms with Crippen molar-refractivity contribution in [2.75, 3.05) is 6.73 Å². The molecule has 0 saturated heterocycles. The molecule has 28 heavy (non-hydrogen) atoms. The molecule has 2 heterocycles. The van der Waals surface area contributed by atoms with Crippen molar-refractivity contribution < 1.29 is 18.4 Å². The van der Waals surface area contributed by atoms with E-state index in [2.05, 4.69) is 13.0 Å². The van der Waals surface area contributed by atoms with E-state index in [0.29, 0.717) is 12.3 Å². The molecule has 2 aromatic carbocycles. The van der Waals surface area contributed by atoms with E-state index in [0.717, 1.165) is 65.7 Å². The van der Waals surface area contributed by atoms with Gasteiger partial charge in [0.05, 0.1) is 0 Å². The van der Waals surface area contributed by atoms with Gasteiger partial charge in [-0.1, -0.05) is 25.5 Å². The minimum atomic E-state index is -0.305. The SMILES string of the molecule is CCCCc1cc(=O)oc2c(C)c3c(cc12)C[NH+](Cc1ccc(F)cc1)CO3. The zero-order valence-electron chi connectivity index (χ0n) is 16.3. The predicted molar refractivity (Wildman–Crippen MR) is 106 cm³/mol. The maximum absolute atomic E-state index is 13.1. The summed E-state index contributed by atoms with van der Waals surface area (Å²) in [4.78, 5) is 13.3. The summed E-state index contributed by atoms with van der Waals surface area (Å²) >= 11 is 0. The molecule has 0 radical (unpaired) electrons. The van der Waals surface area contributed by atoms with E-state index < -0.39 is 0 Å². The van der Waals surface area contributed by atoms with Gasteiger partial charge < -0.3 is 9.15 Å². The van der Waals surface area contributed by atoms with Crippen LogP contribution < -0.4 is 15.3 Å². The number of halogens is 1. The number of rotatable bonds is 5. The molecule has 146 valence electrons. The van der Waals surface area contributed by atoms with Crippen LogP contribution in [0.15, 0.2) is 45.6 Å². The van der Waals surface area contributed by atoms with Crippen LogP contribution in [0.5, 0.6) is 5.75 Å². The molecule has 1 aliphatic rings. The van der Waals surface area contributed by atoms with Crippen LogP contribution in [0.2, 0.25) is 0 Å². The number of fused-ring (bicyclic) bond motifs is 2. The van der Waals surface area contributed by atoms with Crippen LogP contribution in [0.3, 0.4) is 0 Å². The first-order valence-corrected chi connectivity index (χ1v) is 9.85. The lowest BCUT2D eigenvalue weighted by atomic mass is 9.98. The molecule has 5 heteroatoms. The van der Waals surface area contributed by atoms with E-state index >= 15 is 0 Å². The molecule has 1 unspecified atom stereocenters. The van der Waals surface area contributed by atoms with Crippen molar-refractivity contribution in [1.82, 2.24) is 0 Å². The van der Waals surface area contributed by atoms with E-state index in [1.807, 2.05) is 19.1 Å². The van der Waals surface area contributed by atoms with Gasteiger partial charge in [-0.2, -0.15) is 0 Å². The zero-order chi connectivity index (χ0) is 19.7. The van der Waals surface area contributed by atoms with E-state index in [4.69, 9.17) is 9.15 Å². The quantitative estimate of drug-likeness (QED) is 0.687. The molecule has 3 aromatic rings. The Labute approximate surface area is 163 Å². The van der Waals surface area contributed by atoms with Gasteiger partial charge in [0.1, 0.15) is 30.2 Å². The van der Waals surface area contributed by atoms with E-state index in [-0.39, 0.29) is 11.4 Å². The third-order valence-electron chi connectivity index (χ3n) is 5.40. The van der Waals surface area contributed by atoms with Crippen LogP contribution in [0.4, 0.5) is 4.39 Å². The van der Waals surface area contributed by atoms with Crippen molar-refractivity contribution >= 4 is 11.0 Å². The molecule has 0 saturated carbocycles. The topological polar surface area (TPSA) is 43.9 Å². The molecule has 4 nitrogen and oxygen atoms in total. The molecular formula is C23H25FNO3+. The number of ether oxygens (including phenoxy) is 1. The lowest BCUT2D eigenvalue weighted by Gasteiger charge is -2.27. The van der Waals surface area contributed by atoms with Gasteiger partial charge in [-0.15, -0.1) is 0 Å². The van der Waals surface area contributed by atoms with Crippen LogP contribution >= 0.6 is 0 Å². The summed E-state index contributed by atoms with van der Waals surface area (Å²) in [5.41, 5.74) is 4.48. The third-order valence-corrected chi connectivity index (χ3v) is 5.40. The van der Waals surface area contributed by atoms with E-state index in [1.54, 1.807) is 6.07 Å². The number of hydrogen-bond acceptors (Lipinski definition) is 3. The summed E-state index contributed by atoms with van der Waals surface area (Å²) in [6, 6.07) is 10.4. The summed E-state index contributed by atoms with van der Waals surface area (Å²) in [6.45, 7) is 6.21. The Kier molecular flexibility index (Phi) is 5.18. The summed E-state index contributed by atoms with van der Waals surface area (Å²) in [5.74, 6) is 0.605. The van der Waals surface area contributed by atoms with E-state index in [1.165, 1.54) is 17.0 Å². The smallest absolute Gasteiger partial charge is 0.336 e. The Hall–Kier alpha value is -2.66. The Morgan fingerprint density at radius 1 is 1.18 bits per heavy atom. The van der Waals surface area contributed by atoms with Crippen LogP contribution in [0.1, 0.15) is 42.0 Å².